The quantitative estimate of drug-likeness (QED) is 0.309. The Morgan fingerprint density at radius 2 is 1.83 bits per heavy atom. The highest BCUT2D eigenvalue weighted by Gasteiger charge is 2.30. The summed E-state index contributed by atoms with van der Waals surface area (Å²) in [6.45, 7) is 6.78. The number of halogens is 3. The molecule has 0 aliphatic heterocycles. The third kappa shape index (κ3) is 5.32. The molecule has 0 aliphatic rings. The first-order chi connectivity index (χ1) is 17.1. The second kappa shape index (κ2) is 9.96. The molecule has 10 heteroatoms. The lowest BCUT2D eigenvalue weighted by molar-refractivity contribution is -0.137. The molecule has 7 nitrogen and oxygen atoms in total. The Hall–Kier alpha value is -3.95. The van der Waals surface area contributed by atoms with Gasteiger partial charge >= 0.3 is 12.1 Å². The molecule has 2 aromatic carbocycles. The Morgan fingerprint density at radius 3 is 2.44 bits per heavy atom. The molecule has 0 saturated carbocycles. The van der Waals surface area contributed by atoms with E-state index in [4.69, 9.17) is 0 Å². The van der Waals surface area contributed by atoms with Crippen LogP contribution in [-0.4, -0.2) is 37.1 Å². The third-order valence-electron chi connectivity index (χ3n) is 6.01. The van der Waals surface area contributed by atoms with Crippen LogP contribution in [0, 0.1) is 12.8 Å². The number of carbonyl (C=O) groups is 1. The van der Waals surface area contributed by atoms with E-state index in [0.29, 0.717) is 35.2 Å². The Labute approximate surface area is 206 Å². The molecule has 0 radical (unpaired) electrons. The molecule has 2 aromatic heterocycles. The van der Waals surface area contributed by atoms with Crippen LogP contribution in [0.15, 0.2) is 48.5 Å². The minimum atomic E-state index is -4.43. The molecule has 0 saturated heterocycles. The summed E-state index contributed by atoms with van der Waals surface area (Å²) in [7, 11) is 0. The summed E-state index contributed by atoms with van der Waals surface area (Å²) in [4.78, 5) is 24.8. The van der Waals surface area contributed by atoms with E-state index in [1.54, 1.807) is 0 Å². The van der Waals surface area contributed by atoms with Crippen molar-refractivity contribution in [2.45, 2.75) is 39.9 Å². The monoisotopic (exact) mass is 497 g/mol. The van der Waals surface area contributed by atoms with Gasteiger partial charge in [-0.15, -0.1) is 0 Å². The van der Waals surface area contributed by atoms with Crippen molar-refractivity contribution < 1.29 is 23.1 Å². The van der Waals surface area contributed by atoms with Crippen molar-refractivity contribution in [3.63, 3.8) is 0 Å². The van der Waals surface area contributed by atoms with E-state index >= 15 is 0 Å². The predicted octanol–water partition coefficient (Wildman–Crippen LogP) is 6.03. The average molecular weight is 498 g/mol. The van der Waals surface area contributed by atoms with Crippen LogP contribution in [0.4, 0.5) is 19.0 Å². The number of carboxylic acid groups (broad SMARTS) is 1. The predicted molar refractivity (Wildman–Crippen MR) is 131 cm³/mol. The van der Waals surface area contributed by atoms with E-state index in [1.807, 2.05) is 35.8 Å². The van der Waals surface area contributed by atoms with Gasteiger partial charge in [0, 0.05) is 18.7 Å². The molecule has 0 bridgehead atoms. The first-order valence-electron chi connectivity index (χ1n) is 11.6. The lowest BCUT2D eigenvalue weighted by atomic mass is 10.1. The highest BCUT2D eigenvalue weighted by Crippen LogP contribution is 2.32. The number of nitrogens with one attached hydrogen (secondary N) is 1. The second-order valence-corrected chi connectivity index (χ2v) is 8.85. The van der Waals surface area contributed by atoms with Gasteiger partial charge in [-0.2, -0.15) is 13.2 Å². The minimum absolute atomic E-state index is 0.186. The third-order valence-corrected chi connectivity index (χ3v) is 6.01. The number of imidazole rings is 1. The van der Waals surface area contributed by atoms with Gasteiger partial charge in [-0.1, -0.05) is 56.2 Å². The van der Waals surface area contributed by atoms with E-state index < -0.39 is 17.7 Å². The number of hydrogen-bond acceptors (Lipinski definition) is 5. The largest absolute Gasteiger partial charge is 0.475 e. The van der Waals surface area contributed by atoms with E-state index in [0.717, 1.165) is 29.7 Å². The van der Waals surface area contributed by atoms with Crippen LogP contribution >= 0.6 is 0 Å². The summed E-state index contributed by atoms with van der Waals surface area (Å²) in [6.07, 6.45) is -3.52. The zero-order valence-corrected chi connectivity index (χ0v) is 20.1. The molecule has 1 atom stereocenters. The van der Waals surface area contributed by atoms with Crippen LogP contribution in [-0.2, 0) is 12.7 Å². The van der Waals surface area contributed by atoms with Crippen LogP contribution in [0.3, 0.4) is 0 Å². The van der Waals surface area contributed by atoms with Crippen LogP contribution in [0.25, 0.3) is 22.6 Å². The van der Waals surface area contributed by atoms with Crippen LogP contribution in [0.1, 0.15) is 47.6 Å². The van der Waals surface area contributed by atoms with E-state index in [1.165, 1.54) is 12.1 Å². The fourth-order valence-corrected chi connectivity index (χ4v) is 3.81. The van der Waals surface area contributed by atoms with Crippen molar-refractivity contribution in [2.75, 3.05) is 11.9 Å². The molecule has 2 heterocycles. The number of anilines is 1. The van der Waals surface area contributed by atoms with Gasteiger partial charge in [-0.05, 0) is 36.6 Å². The van der Waals surface area contributed by atoms with Gasteiger partial charge in [0.15, 0.2) is 11.5 Å². The van der Waals surface area contributed by atoms with Gasteiger partial charge in [-0.25, -0.2) is 19.7 Å². The Kier molecular flexibility index (Phi) is 6.96. The number of hydrogen-bond donors (Lipinski definition) is 2. The van der Waals surface area contributed by atoms with Crippen molar-refractivity contribution in [1.82, 2.24) is 19.5 Å². The number of benzene rings is 2. The molecule has 1 unspecified atom stereocenters. The molecule has 4 aromatic rings. The van der Waals surface area contributed by atoms with Crippen molar-refractivity contribution >= 4 is 23.0 Å². The van der Waals surface area contributed by atoms with Gasteiger partial charge in [0.25, 0.3) is 0 Å². The maximum atomic E-state index is 13.1. The average Bonchev–Trinajstić information content (AvgIpc) is 3.20. The molecule has 36 heavy (non-hydrogen) atoms. The van der Waals surface area contributed by atoms with Crippen molar-refractivity contribution in [3.05, 3.63) is 71.0 Å². The summed E-state index contributed by atoms with van der Waals surface area (Å²) in [6, 6.07) is 12.6. The number of carboxylic acids is 1. The molecular weight excluding hydrogens is 471 g/mol. The standard InChI is InChI=1S/C26H26F3N5O2/c1-4-15(2)13-30-21-20-22(32-23(31-21)25(35)36)33-24(18-7-5-6-16(3)12-18)34(20)14-17-8-10-19(11-9-17)26(27,28)29/h5-12,15H,4,13-14H2,1-3H3,(H,35,36)(H,30,31,32). The molecule has 188 valence electrons. The van der Waals surface area contributed by atoms with Crippen LogP contribution < -0.4 is 5.32 Å². The first kappa shape index (κ1) is 25.2. The second-order valence-electron chi connectivity index (χ2n) is 8.85. The van der Waals surface area contributed by atoms with Gasteiger partial charge in [0.05, 0.1) is 5.56 Å². The van der Waals surface area contributed by atoms with E-state index in [9.17, 15) is 23.1 Å². The zero-order chi connectivity index (χ0) is 26.0. The van der Waals surface area contributed by atoms with Gasteiger partial charge in [-0.3, -0.25) is 0 Å². The normalized spacial score (nSPS) is 12.6. The summed E-state index contributed by atoms with van der Waals surface area (Å²) in [5.74, 6) is -0.541. The summed E-state index contributed by atoms with van der Waals surface area (Å²) in [5, 5.41) is 12.8. The first-order valence-corrected chi connectivity index (χ1v) is 11.6. The summed E-state index contributed by atoms with van der Waals surface area (Å²) < 4.78 is 41.0. The van der Waals surface area contributed by atoms with Crippen LogP contribution in [0.5, 0.6) is 0 Å². The fraction of sp³-hybridized carbons (Fsp3) is 0.308. The highest BCUT2D eigenvalue weighted by molar-refractivity contribution is 5.92. The maximum absolute atomic E-state index is 13.1. The van der Waals surface area contributed by atoms with E-state index in [-0.39, 0.29) is 18.0 Å². The Morgan fingerprint density at radius 1 is 1.11 bits per heavy atom. The maximum Gasteiger partial charge on any atom is 0.416 e. The number of alkyl halides is 3. The van der Waals surface area contributed by atoms with Crippen LogP contribution in [0.2, 0.25) is 0 Å². The molecule has 4 rings (SSSR count). The molecule has 0 spiro atoms. The zero-order valence-electron chi connectivity index (χ0n) is 20.1. The molecule has 0 amide bonds. The SMILES string of the molecule is CCC(C)CNc1nc(C(=O)O)nc2nc(-c3cccc(C)c3)n(Cc3ccc(C(F)(F)F)cc3)c12. The van der Waals surface area contributed by atoms with Crippen molar-refractivity contribution in [3.8, 4) is 11.4 Å². The number of fused-ring (bicyclic) bond motifs is 1. The number of aryl methyl sites for hydroxylation is 1. The minimum Gasteiger partial charge on any atom is -0.475 e. The molecule has 0 aliphatic carbocycles. The number of aromatic carboxylic acids is 1. The van der Waals surface area contributed by atoms with E-state index in [2.05, 4.69) is 34.1 Å². The van der Waals surface area contributed by atoms with Gasteiger partial charge in [0.1, 0.15) is 11.3 Å². The van der Waals surface area contributed by atoms with Gasteiger partial charge in [0.2, 0.25) is 5.82 Å². The highest BCUT2D eigenvalue weighted by atomic mass is 19.4. The molecule has 0 fully saturated rings. The smallest absolute Gasteiger partial charge is 0.416 e. The lowest BCUT2D eigenvalue weighted by Crippen LogP contribution is -2.15. The number of nitrogens with zero attached hydrogens (tertiary/aromatic N) is 4. The van der Waals surface area contributed by atoms with Crippen molar-refractivity contribution in [1.29, 1.82) is 0 Å². The molecular formula is C26H26F3N5O2. The lowest BCUT2D eigenvalue weighted by Gasteiger charge is -2.15. The number of rotatable bonds is 8. The Bertz CT molecular complexity index is 1400. The Balaban J connectivity index is 1.91. The summed E-state index contributed by atoms with van der Waals surface area (Å²) >= 11 is 0. The molecule has 2 N–H and O–H groups in total. The summed E-state index contributed by atoms with van der Waals surface area (Å²) in [5.41, 5.74) is 2.33. The number of aromatic nitrogens is 4. The topological polar surface area (TPSA) is 92.9 Å². The van der Waals surface area contributed by atoms with Crippen molar-refractivity contribution in [2.24, 2.45) is 5.92 Å². The van der Waals surface area contributed by atoms with Gasteiger partial charge < -0.3 is 15.0 Å². The fourth-order valence-electron chi connectivity index (χ4n) is 3.81.